The van der Waals surface area contributed by atoms with Crippen LogP contribution in [0.5, 0.6) is 0 Å². The monoisotopic (exact) mass is 242 g/mol. The summed E-state index contributed by atoms with van der Waals surface area (Å²) in [5.74, 6) is 0. The fourth-order valence-corrected chi connectivity index (χ4v) is 1.83. The number of halogens is 1. The number of hydrogen-bond acceptors (Lipinski definition) is 3. The van der Waals surface area contributed by atoms with Gasteiger partial charge in [-0.15, -0.1) is 12.4 Å². The zero-order valence-corrected chi connectivity index (χ0v) is 10.4. The zero-order valence-electron chi connectivity index (χ0n) is 9.56. The average molecular weight is 243 g/mol. The van der Waals surface area contributed by atoms with Gasteiger partial charge in [0.15, 0.2) is 0 Å². The van der Waals surface area contributed by atoms with Gasteiger partial charge in [-0.1, -0.05) is 12.1 Å². The van der Waals surface area contributed by atoms with Crippen molar-refractivity contribution < 1.29 is 4.74 Å². The van der Waals surface area contributed by atoms with Gasteiger partial charge in [-0.2, -0.15) is 0 Å². The molecule has 0 aromatic heterocycles. The summed E-state index contributed by atoms with van der Waals surface area (Å²) in [6.45, 7) is 5.61. The molecule has 1 aliphatic rings. The molecule has 1 fully saturated rings. The zero-order chi connectivity index (χ0) is 10.7. The second kappa shape index (κ2) is 6.09. The third kappa shape index (κ3) is 3.11. The number of nitrogens with two attached hydrogens (primary N) is 1. The predicted molar refractivity (Wildman–Crippen MR) is 69.3 cm³/mol. The summed E-state index contributed by atoms with van der Waals surface area (Å²) in [7, 11) is 0. The topological polar surface area (TPSA) is 38.5 Å². The Labute approximate surface area is 103 Å². The number of morpholine rings is 1. The number of ether oxygens (including phenoxy) is 1. The van der Waals surface area contributed by atoms with Crippen molar-refractivity contribution in [3.63, 3.8) is 0 Å². The molecule has 90 valence electrons. The van der Waals surface area contributed by atoms with E-state index in [1.54, 1.807) is 0 Å². The van der Waals surface area contributed by atoms with Crippen molar-refractivity contribution in [1.29, 1.82) is 0 Å². The lowest BCUT2D eigenvalue weighted by atomic mass is 10.1. The number of nitrogens with zero attached hydrogens (tertiary/aromatic N) is 1. The minimum atomic E-state index is 0. The number of rotatable bonds is 2. The highest BCUT2D eigenvalue weighted by Gasteiger charge is 2.11. The van der Waals surface area contributed by atoms with Crippen molar-refractivity contribution in [3.8, 4) is 0 Å². The van der Waals surface area contributed by atoms with E-state index in [4.69, 9.17) is 10.5 Å². The maximum Gasteiger partial charge on any atom is 0.0642 e. The second-order valence-corrected chi connectivity index (χ2v) is 3.98. The standard InChI is InChI=1S/C12H18N2O.ClH/c1-10(13)11-3-2-4-12(9-11)14-5-7-15-8-6-14;/h2-4,9-10H,5-8,13H2,1H3;1H/t10-;/m0./s1. The van der Waals surface area contributed by atoms with E-state index < -0.39 is 0 Å². The van der Waals surface area contributed by atoms with Crippen LogP contribution in [0.15, 0.2) is 24.3 Å². The van der Waals surface area contributed by atoms with E-state index in [1.807, 2.05) is 6.92 Å². The maximum absolute atomic E-state index is 5.87. The van der Waals surface area contributed by atoms with Crippen molar-refractivity contribution in [2.45, 2.75) is 13.0 Å². The molecule has 3 nitrogen and oxygen atoms in total. The summed E-state index contributed by atoms with van der Waals surface area (Å²) < 4.78 is 5.33. The van der Waals surface area contributed by atoms with Crippen LogP contribution >= 0.6 is 12.4 Å². The lowest BCUT2D eigenvalue weighted by molar-refractivity contribution is 0.122. The molecule has 0 saturated carbocycles. The molecule has 16 heavy (non-hydrogen) atoms. The first-order valence-electron chi connectivity index (χ1n) is 5.45. The van der Waals surface area contributed by atoms with Gasteiger partial charge in [-0.25, -0.2) is 0 Å². The van der Waals surface area contributed by atoms with Crippen LogP contribution in [0.1, 0.15) is 18.5 Å². The molecular formula is C12H19ClN2O. The van der Waals surface area contributed by atoms with Crippen molar-refractivity contribution in [2.75, 3.05) is 31.2 Å². The van der Waals surface area contributed by atoms with Crippen LogP contribution in [0.2, 0.25) is 0 Å². The van der Waals surface area contributed by atoms with Gasteiger partial charge in [-0.05, 0) is 24.6 Å². The van der Waals surface area contributed by atoms with Crippen LogP contribution in [-0.4, -0.2) is 26.3 Å². The molecule has 4 heteroatoms. The minimum absolute atomic E-state index is 0. The first kappa shape index (κ1) is 13.3. The Kier molecular flexibility index (Phi) is 5.06. The van der Waals surface area contributed by atoms with Gasteiger partial charge in [0.25, 0.3) is 0 Å². The summed E-state index contributed by atoms with van der Waals surface area (Å²) in [6, 6.07) is 8.57. The van der Waals surface area contributed by atoms with E-state index >= 15 is 0 Å². The number of hydrogen-bond donors (Lipinski definition) is 1. The molecule has 1 aromatic carbocycles. The van der Waals surface area contributed by atoms with Gasteiger partial charge in [0.1, 0.15) is 0 Å². The SMILES string of the molecule is C[C@H](N)c1cccc(N2CCOCC2)c1.Cl. The maximum atomic E-state index is 5.87. The largest absolute Gasteiger partial charge is 0.378 e. The van der Waals surface area contributed by atoms with Crippen LogP contribution in [0, 0.1) is 0 Å². The highest BCUT2D eigenvalue weighted by atomic mass is 35.5. The van der Waals surface area contributed by atoms with Crippen molar-refractivity contribution in [2.24, 2.45) is 5.73 Å². The Morgan fingerprint density at radius 1 is 1.31 bits per heavy atom. The van der Waals surface area contributed by atoms with Crippen molar-refractivity contribution in [1.82, 2.24) is 0 Å². The van der Waals surface area contributed by atoms with E-state index in [0.717, 1.165) is 26.3 Å². The van der Waals surface area contributed by atoms with Crippen LogP contribution in [-0.2, 0) is 4.74 Å². The second-order valence-electron chi connectivity index (χ2n) is 3.98. The van der Waals surface area contributed by atoms with Crippen molar-refractivity contribution >= 4 is 18.1 Å². The highest BCUT2D eigenvalue weighted by Crippen LogP contribution is 2.20. The minimum Gasteiger partial charge on any atom is -0.378 e. The van der Waals surface area contributed by atoms with Crippen LogP contribution < -0.4 is 10.6 Å². The molecule has 1 atom stereocenters. The lowest BCUT2D eigenvalue weighted by Gasteiger charge is -2.29. The Morgan fingerprint density at radius 3 is 2.62 bits per heavy atom. The lowest BCUT2D eigenvalue weighted by Crippen LogP contribution is -2.36. The van der Waals surface area contributed by atoms with Gasteiger partial charge < -0.3 is 15.4 Å². The summed E-state index contributed by atoms with van der Waals surface area (Å²) in [4.78, 5) is 2.34. The molecule has 2 N–H and O–H groups in total. The smallest absolute Gasteiger partial charge is 0.0642 e. The molecule has 1 heterocycles. The Balaban J connectivity index is 0.00000128. The van der Waals surface area contributed by atoms with Gasteiger partial charge >= 0.3 is 0 Å². The van der Waals surface area contributed by atoms with Crippen LogP contribution in [0.3, 0.4) is 0 Å². The molecule has 0 radical (unpaired) electrons. The van der Waals surface area contributed by atoms with E-state index in [0.29, 0.717) is 0 Å². The van der Waals surface area contributed by atoms with E-state index in [2.05, 4.69) is 29.2 Å². The third-order valence-electron chi connectivity index (χ3n) is 2.77. The molecule has 0 bridgehead atoms. The predicted octanol–water partition coefficient (Wildman–Crippen LogP) is 1.96. The number of benzene rings is 1. The van der Waals surface area contributed by atoms with Gasteiger partial charge in [-0.3, -0.25) is 0 Å². The van der Waals surface area contributed by atoms with Gasteiger partial charge in [0, 0.05) is 24.8 Å². The van der Waals surface area contributed by atoms with Gasteiger partial charge in [0.05, 0.1) is 13.2 Å². The molecule has 0 unspecified atom stereocenters. The molecule has 1 aliphatic heterocycles. The van der Waals surface area contributed by atoms with E-state index in [1.165, 1.54) is 11.3 Å². The Bertz CT molecular complexity index is 325. The van der Waals surface area contributed by atoms with Crippen LogP contribution in [0.25, 0.3) is 0 Å². The molecule has 0 aliphatic carbocycles. The Hall–Kier alpha value is -0.770. The molecular weight excluding hydrogens is 224 g/mol. The molecule has 1 saturated heterocycles. The number of anilines is 1. The summed E-state index contributed by atoms with van der Waals surface area (Å²) in [5.41, 5.74) is 8.32. The Morgan fingerprint density at radius 2 is 2.00 bits per heavy atom. The summed E-state index contributed by atoms with van der Waals surface area (Å²) >= 11 is 0. The third-order valence-corrected chi connectivity index (χ3v) is 2.77. The first-order chi connectivity index (χ1) is 7.27. The summed E-state index contributed by atoms with van der Waals surface area (Å²) in [5, 5.41) is 0. The van der Waals surface area contributed by atoms with Crippen LogP contribution in [0.4, 0.5) is 5.69 Å². The van der Waals surface area contributed by atoms with Crippen molar-refractivity contribution in [3.05, 3.63) is 29.8 Å². The fraction of sp³-hybridized carbons (Fsp3) is 0.500. The highest BCUT2D eigenvalue weighted by molar-refractivity contribution is 5.85. The fourth-order valence-electron chi connectivity index (χ4n) is 1.83. The average Bonchev–Trinajstić information content (AvgIpc) is 2.30. The molecule has 0 amide bonds. The van der Waals surface area contributed by atoms with E-state index in [9.17, 15) is 0 Å². The molecule has 2 rings (SSSR count). The quantitative estimate of drug-likeness (QED) is 0.862. The normalized spacial score (nSPS) is 17.8. The van der Waals surface area contributed by atoms with Gasteiger partial charge in [0.2, 0.25) is 0 Å². The first-order valence-corrected chi connectivity index (χ1v) is 5.45. The molecule has 1 aromatic rings. The van der Waals surface area contributed by atoms with E-state index in [-0.39, 0.29) is 18.4 Å². The molecule has 0 spiro atoms. The summed E-state index contributed by atoms with van der Waals surface area (Å²) in [6.07, 6.45) is 0.